The minimum absolute atomic E-state index is 0.0261. The van der Waals surface area contributed by atoms with E-state index in [1.165, 1.54) is 5.56 Å². The average Bonchev–Trinajstić information content (AvgIpc) is 3.49. The normalized spacial score (nSPS) is 18.4. The molecule has 6 heteroatoms. The van der Waals surface area contributed by atoms with E-state index in [2.05, 4.69) is 22.7 Å². The Labute approximate surface area is 152 Å². The van der Waals surface area contributed by atoms with E-state index < -0.39 is 0 Å². The Balaban J connectivity index is 1.65. The first-order valence-corrected chi connectivity index (χ1v) is 8.36. The standard InChI is InChI=1S/C20H22N2O4/c1-24-17-10-9-14(18(25-2)19(17)26-3)12-21-22-20(23)16-11-15(16)13-7-5-4-6-8-13/h4-10,12,15-16H,11H2,1-3H3,(H,22,23). The van der Waals surface area contributed by atoms with E-state index in [0.29, 0.717) is 22.8 Å². The predicted molar refractivity (Wildman–Crippen MR) is 99.1 cm³/mol. The fraction of sp³-hybridized carbons (Fsp3) is 0.300. The van der Waals surface area contributed by atoms with Gasteiger partial charge in [-0.3, -0.25) is 4.79 Å². The van der Waals surface area contributed by atoms with Crippen LogP contribution >= 0.6 is 0 Å². The molecule has 1 amide bonds. The molecule has 2 aromatic rings. The molecular weight excluding hydrogens is 332 g/mol. The number of methoxy groups -OCH3 is 3. The lowest BCUT2D eigenvalue weighted by molar-refractivity contribution is -0.122. The van der Waals surface area contributed by atoms with Gasteiger partial charge in [-0.25, -0.2) is 5.43 Å². The number of ether oxygens (including phenoxy) is 3. The summed E-state index contributed by atoms with van der Waals surface area (Å²) in [6.45, 7) is 0. The molecule has 0 saturated heterocycles. The fourth-order valence-corrected chi connectivity index (χ4v) is 3.03. The van der Waals surface area contributed by atoms with Crippen LogP contribution in [0.2, 0.25) is 0 Å². The summed E-state index contributed by atoms with van der Waals surface area (Å²) in [5, 5.41) is 4.07. The number of nitrogens with one attached hydrogen (secondary N) is 1. The van der Waals surface area contributed by atoms with Crippen molar-refractivity contribution in [3.8, 4) is 17.2 Å². The third-order valence-corrected chi connectivity index (χ3v) is 4.47. The highest BCUT2D eigenvalue weighted by Gasteiger charge is 2.43. The van der Waals surface area contributed by atoms with E-state index >= 15 is 0 Å². The van der Waals surface area contributed by atoms with Gasteiger partial charge in [0.2, 0.25) is 11.7 Å². The summed E-state index contributed by atoms with van der Waals surface area (Å²) in [6.07, 6.45) is 2.39. The van der Waals surface area contributed by atoms with Crippen molar-refractivity contribution in [3.63, 3.8) is 0 Å². The second-order valence-electron chi connectivity index (χ2n) is 6.02. The highest BCUT2D eigenvalue weighted by molar-refractivity contribution is 5.88. The van der Waals surface area contributed by atoms with Crippen molar-refractivity contribution in [2.75, 3.05) is 21.3 Å². The molecule has 0 heterocycles. The molecule has 0 spiro atoms. The van der Waals surface area contributed by atoms with Gasteiger partial charge in [0, 0.05) is 11.5 Å². The Morgan fingerprint density at radius 3 is 2.42 bits per heavy atom. The lowest BCUT2D eigenvalue weighted by Crippen LogP contribution is -2.20. The fourth-order valence-electron chi connectivity index (χ4n) is 3.03. The molecule has 2 aromatic carbocycles. The van der Waals surface area contributed by atoms with Crippen molar-refractivity contribution in [3.05, 3.63) is 53.6 Å². The Kier molecular flexibility index (Phi) is 5.41. The largest absolute Gasteiger partial charge is 0.493 e. The number of carbonyl (C=O) groups excluding carboxylic acids is 1. The maximum absolute atomic E-state index is 12.3. The molecular formula is C20H22N2O4. The summed E-state index contributed by atoms with van der Waals surface area (Å²) < 4.78 is 16.0. The molecule has 1 aliphatic carbocycles. The molecule has 1 fully saturated rings. The Morgan fingerprint density at radius 2 is 1.77 bits per heavy atom. The second kappa shape index (κ2) is 7.91. The molecule has 2 unspecified atom stereocenters. The number of rotatable bonds is 7. The van der Waals surface area contributed by atoms with Crippen molar-refractivity contribution < 1.29 is 19.0 Å². The summed E-state index contributed by atoms with van der Waals surface area (Å²) >= 11 is 0. The summed E-state index contributed by atoms with van der Waals surface area (Å²) in [7, 11) is 4.64. The minimum Gasteiger partial charge on any atom is -0.493 e. The van der Waals surface area contributed by atoms with Crippen LogP contribution in [0.15, 0.2) is 47.6 Å². The van der Waals surface area contributed by atoms with Crippen LogP contribution < -0.4 is 19.6 Å². The first-order valence-electron chi connectivity index (χ1n) is 8.36. The van der Waals surface area contributed by atoms with E-state index in [1.54, 1.807) is 39.7 Å². The molecule has 0 aromatic heterocycles. The number of nitrogens with zero attached hydrogens (tertiary/aromatic N) is 1. The number of carbonyl (C=O) groups is 1. The summed E-state index contributed by atoms with van der Waals surface area (Å²) in [6, 6.07) is 13.6. The Hall–Kier alpha value is -3.02. The monoisotopic (exact) mass is 354 g/mol. The van der Waals surface area contributed by atoms with E-state index in [9.17, 15) is 4.79 Å². The third kappa shape index (κ3) is 3.64. The topological polar surface area (TPSA) is 69.2 Å². The number of hydrogen-bond donors (Lipinski definition) is 1. The zero-order valence-corrected chi connectivity index (χ0v) is 15.1. The van der Waals surface area contributed by atoms with Crippen molar-refractivity contribution in [2.24, 2.45) is 11.0 Å². The number of amides is 1. The SMILES string of the molecule is COc1ccc(C=NNC(=O)C2CC2c2ccccc2)c(OC)c1OC. The molecule has 136 valence electrons. The van der Waals surface area contributed by atoms with E-state index in [0.717, 1.165) is 6.42 Å². The van der Waals surface area contributed by atoms with Gasteiger partial charge in [-0.05, 0) is 30.0 Å². The van der Waals surface area contributed by atoms with Crippen molar-refractivity contribution in [2.45, 2.75) is 12.3 Å². The van der Waals surface area contributed by atoms with Crippen LogP contribution in [-0.2, 0) is 4.79 Å². The number of benzene rings is 2. The summed E-state index contributed by atoms with van der Waals surface area (Å²) in [4.78, 5) is 12.3. The minimum atomic E-state index is -0.0745. The van der Waals surface area contributed by atoms with Crippen LogP contribution in [-0.4, -0.2) is 33.5 Å². The average molecular weight is 354 g/mol. The lowest BCUT2D eigenvalue weighted by atomic mass is 10.1. The highest BCUT2D eigenvalue weighted by Crippen LogP contribution is 2.47. The van der Waals surface area contributed by atoms with Crippen LogP contribution in [0.4, 0.5) is 0 Å². The zero-order valence-electron chi connectivity index (χ0n) is 15.1. The van der Waals surface area contributed by atoms with Gasteiger partial charge in [0.25, 0.3) is 0 Å². The van der Waals surface area contributed by atoms with Gasteiger partial charge in [0.05, 0.1) is 27.5 Å². The van der Waals surface area contributed by atoms with Crippen LogP contribution in [0, 0.1) is 5.92 Å². The van der Waals surface area contributed by atoms with Gasteiger partial charge in [0.15, 0.2) is 11.5 Å². The van der Waals surface area contributed by atoms with Gasteiger partial charge in [-0.1, -0.05) is 30.3 Å². The van der Waals surface area contributed by atoms with Crippen molar-refractivity contribution >= 4 is 12.1 Å². The van der Waals surface area contributed by atoms with Gasteiger partial charge in [-0.15, -0.1) is 0 Å². The van der Waals surface area contributed by atoms with Crippen LogP contribution in [0.3, 0.4) is 0 Å². The number of hydrazone groups is 1. The van der Waals surface area contributed by atoms with Gasteiger partial charge >= 0.3 is 0 Å². The predicted octanol–water partition coefficient (Wildman–Crippen LogP) is 2.97. The van der Waals surface area contributed by atoms with Crippen molar-refractivity contribution in [1.82, 2.24) is 5.43 Å². The molecule has 0 bridgehead atoms. The molecule has 26 heavy (non-hydrogen) atoms. The van der Waals surface area contributed by atoms with Crippen LogP contribution in [0.25, 0.3) is 0 Å². The van der Waals surface area contributed by atoms with Crippen LogP contribution in [0.1, 0.15) is 23.5 Å². The molecule has 0 radical (unpaired) electrons. The van der Waals surface area contributed by atoms with Gasteiger partial charge in [-0.2, -0.15) is 5.10 Å². The maximum Gasteiger partial charge on any atom is 0.243 e. The first kappa shape index (κ1) is 17.8. The smallest absolute Gasteiger partial charge is 0.243 e. The van der Waals surface area contributed by atoms with Crippen molar-refractivity contribution in [1.29, 1.82) is 0 Å². The Bertz CT molecular complexity index is 805. The molecule has 0 aliphatic heterocycles. The Morgan fingerprint density at radius 1 is 1.04 bits per heavy atom. The number of hydrogen-bond acceptors (Lipinski definition) is 5. The molecule has 6 nitrogen and oxygen atoms in total. The second-order valence-corrected chi connectivity index (χ2v) is 6.02. The molecule has 2 atom stereocenters. The summed E-state index contributed by atoms with van der Waals surface area (Å²) in [5.41, 5.74) is 4.49. The quantitative estimate of drug-likeness (QED) is 0.613. The molecule has 1 saturated carbocycles. The van der Waals surface area contributed by atoms with E-state index in [-0.39, 0.29) is 17.7 Å². The van der Waals surface area contributed by atoms with Gasteiger partial charge in [0.1, 0.15) is 0 Å². The molecule has 1 aliphatic rings. The van der Waals surface area contributed by atoms with Gasteiger partial charge < -0.3 is 14.2 Å². The van der Waals surface area contributed by atoms with E-state index in [4.69, 9.17) is 14.2 Å². The van der Waals surface area contributed by atoms with Crippen LogP contribution in [0.5, 0.6) is 17.2 Å². The highest BCUT2D eigenvalue weighted by atomic mass is 16.5. The first-order chi connectivity index (χ1) is 12.7. The third-order valence-electron chi connectivity index (χ3n) is 4.47. The molecule has 3 rings (SSSR count). The molecule has 1 N–H and O–H groups in total. The summed E-state index contributed by atoms with van der Waals surface area (Å²) in [5.74, 6) is 1.72. The van der Waals surface area contributed by atoms with E-state index in [1.807, 2.05) is 18.2 Å². The maximum atomic E-state index is 12.3. The lowest BCUT2D eigenvalue weighted by Gasteiger charge is -2.13. The zero-order chi connectivity index (χ0) is 18.5.